The molecule has 1 saturated heterocycles. The Morgan fingerprint density at radius 2 is 0.980 bits per heavy atom. The predicted molar refractivity (Wildman–Crippen MR) is 181 cm³/mol. The second-order valence-electron chi connectivity index (χ2n) is 11.6. The highest BCUT2D eigenvalue weighted by atomic mass is 35.5. The third-order valence-electron chi connectivity index (χ3n) is 8.18. The Morgan fingerprint density at radius 1 is 0.588 bits per heavy atom. The van der Waals surface area contributed by atoms with Gasteiger partial charge in [-0.2, -0.15) is 0 Å². The normalized spacial score (nSPS) is 23.6. The number of carbonyl (C=O) groups excluding carboxylic acids is 5. The Balaban J connectivity index is 1.40. The molecule has 13 heteroatoms. The van der Waals surface area contributed by atoms with Gasteiger partial charge in [-0.25, -0.2) is 19.2 Å². The van der Waals surface area contributed by atoms with E-state index in [1.807, 2.05) is 0 Å². The fourth-order valence-corrected chi connectivity index (χ4v) is 5.82. The highest BCUT2D eigenvalue weighted by Gasteiger charge is 2.59. The smallest absolute Gasteiger partial charge is 0.338 e. The molecule has 0 bridgehead atoms. The number of rotatable bonds is 11. The average Bonchev–Trinajstić information content (AvgIpc) is 3.17. The van der Waals surface area contributed by atoms with E-state index in [1.54, 1.807) is 84.9 Å². The molecule has 0 amide bonds. The molecule has 1 heterocycles. The molecule has 4 aromatic carbocycles. The molecule has 4 aromatic rings. The monoisotopic (exact) mass is 732 g/mol. The van der Waals surface area contributed by atoms with Crippen molar-refractivity contribution in [3.8, 4) is 0 Å². The van der Waals surface area contributed by atoms with Crippen molar-refractivity contribution in [2.75, 3.05) is 6.61 Å². The van der Waals surface area contributed by atoms with Crippen LogP contribution >= 0.6 is 23.2 Å². The second-order valence-corrected chi connectivity index (χ2v) is 13.0. The van der Waals surface area contributed by atoms with Gasteiger partial charge in [-0.15, -0.1) is 0 Å². The summed E-state index contributed by atoms with van der Waals surface area (Å²) in [4.78, 5) is 66.1. The highest BCUT2D eigenvalue weighted by Crippen LogP contribution is 2.43. The number of alkyl halides is 2. The topological polar surface area (TPSA) is 141 Å². The van der Waals surface area contributed by atoms with E-state index in [9.17, 15) is 24.0 Å². The first-order valence-electron chi connectivity index (χ1n) is 15.8. The van der Waals surface area contributed by atoms with E-state index in [1.165, 1.54) is 36.4 Å². The van der Waals surface area contributed by atoms with Crippen LogP contribution in [0.3, 0.4) is 0 Å². The summed E-state index contributed by atoms with van der Waals surface area (Å²) < 4.78 is 33.9. The van der Waals surface area contributed by atoms with E-state index in [0.29, 0.717) is 0 Å². The van der Waals surface area contributed by atoms with E-state index >= 15 is 0 Å². The van der Waals surface area contributed by atoms with Crippen LogP contribution in [0.5, 0.6) is 0 Å². The van der Waals surface area contributed by atoms with Crippen molar-refractivity contribution < 1.29 is 52.4 Å². The zero-order valence-corrected chi connectivity index (χ0v) is 28.2. The zero-order chi connectivity index (χ0) is 36.0. The van der Waals surface area contributed by atoms with Crippen molar-refractivity contribution >= 4 is 52.9 Å². The van der Waals surface area contributed by atoms with Gasteiger partial charge in [0.05, 0.1) is 22.3 Å². The van der Waals surface area contributed by atoms with Crippen LogP contribution in [0.1, 0.15) is 47.9 Å². The number of hydrogen-bond acceptors (Lipinski definition) is 11. The molecule has 1 aliphatic carbocycles. The largest absolute Gasteiger partial charge is 0.459 e. The Hall–Kier alpha value is -5.07. The summed E-state index contributed by atoms with van der Waals surface area (Å²) in [7, 11) is 0. The van der Waals surface area contributed by atoms with Crippen LogP contribution in [-0.2, 0) is 33.2 Å². The minimum atomic E-state index is -1.96. The van der Waals surface area contributed by atoms with Crippen molar-refractivity contribution in [2.24, 2.45) is 0 Å². The number of halogens is 2. The molecule has 1 aliphatic heterocycles. The van der Waals surface area contributed by atoms with Crippen LogP contribution in [0.2, 0.25) is 0 Å². The maximum absolute atomic E-state index is 13.7. The fraction of sp³-hybridized carbons (Fsp3) is 0.237. The van der Waals surface area contributed by atoms with Gasteiger partial charge in [-0.3, -0.25) is 4.79 Å². The third kappa shape index (κ3) is 8.29. The lowest BCUT2D eigenvalue weighted by Gasteiger charge is -2.47. The summed E-state index contributed by atoms with van der Waals surface area (Å²) in [5.74, 6) is -3.83. The Labute approximate surface area is 302 Å². The van der Waals surface area contributed by atoms with Gasteiger partial charge in [0, 0.05) is 6.42 Å². The molecule has 0 spiro atoms. The van der Waals surface area contributed by atoms with E-state index in [4.69, 9.17) is 51.6 Å². The number of benzene rings is 4. The Bertz CT molecular complexity index is 1860. The number of hydrogen-bond donors (Lipinski definition) is 0. The van der Waals surface area contributed by atoms with Crippen LogP contribution < -0.4 is 0 Å². The Kier molecular flexibility index (Phi) is 11.1. The van der Waals surface area contributed by atoms with Crippen molar-refractivity contribution in [2.45, 2.75) is 47.6 Å². The lowest BCUT2D eigenvalue weighted by atomic mass is 9.92. The third-order valence-corrected chi connectivity index (χ3v) is 9.09. The van der Waals surface area contributed by atoms with Crippen LogP contribution in [0.4, 0.5) is 0 Å². The molecule has 1 unspecified atom stereocenters. The first kappa shape index (κ1) is 35.7. The van der Waals surface area contributed by atoms with Crippen LogP contribution in [0.15, 0.2) is 121 Å². The van der Waals surface area contributed by atoms with E-state index in [-0.39, 0.29) is 28.7 Å². The first-order chi connectivity index (χ1) is 24.6. The minimum Gasteiger partial charge on any atom is -0.459 e. The van der Waals surface area contributed by atoms with Crippen molar-refractivity contribution in [3.63, 3.8) is 0 Å². The van der Waals surface area contributed by atoms with Gasteiger partial charge in [-0.1, -0.05) is 96.0 Å². The van der Waals surface area contributed by atoms with E-state index < -0.39 is 77.4 Å². The fourth-order valence-electron chi connectivity index (χ4n) is 5.41. The minimum absolute atomic E-state index is 0.125. The number of carbonyl (C=O) groups is 5. The summed E-state index contributed by atoms with van der Waals surface area (Å²) in [5.41, 5.74) is 0.621. The van der Waals surface area contributed by atoms with Gasteiger partial charge in [0.15, 0.2) is 30.4 Å². The standard InChI is InChI=1S/C38H30Cl2O11/c39-38(40)28(41)21-29(38)48-37-32(51-36(45)26-19-11-4-12-20-26)31(50-35(44)25-17-9-3-10-18-25)30(49-34(43)24-15-7-2-8-16-24)27(47-37)22-46-33(42)23-13-5-1-6-14-23/h1-20,27,29-32,37H,21-22H2/t27-,29?,30+,31+,32-,37+/m1/s1. The number of Topliss-reactive ketones (excluding diaryl/α,β-unsaturated/α-hetero) is 1. The maximum atomic E-state index is 13.7. The van der Waals surface area contributed by atoms with E-state index in [2.05, 4.69) is 0 Å². The highest BCUT2D eigenvalue weighted by molar-refractivity contribution is 6.61. The second kappa shape index (κ2) is 15.9. The van der Waals surface area contributed by atoms with Gasteiger partial charge >= 0.3 is 23.9 Å². The summed E-state index contributed by atoms with van der Waals surface area (Å²) in [5, 5.41) is 0. The number of esters is 4. The van der Waals surface area contributed by atoms with Crippen LogP contribution in [0, 0.1) is 0 Å². The number of ketones is 1. The molecule has 6 rings (SSSR count). The molecule has 262 valence electrons. The molecule has 6 atom stereocenters. The summed E-state index contributed by atoms with van der Waals surface area (Å²) in [6, 6.07) is 31.9. The lowest BCUT2D eigenvalue weighted by molar-refractivity contribution is -0.311. The molecular formula is C38H30Cl2O11. The maximum Gasteiger partial charge on any atom is 0.338 e. The van der Waals surface area contributed by atoms with Crippen molar-refractivity contribution in [3.05, 3.63) is 144 Å². The van der Waals surface area contributed by atoms with E-state index in [0.717, 1.165) is 0 Å². The summed E-state index contributed by atoms with van der Waals surface area (Å²) >= 11 is 12.5. The molecular weight excluding hydrogens is 703 g/mol. The summed E-state index contributed by atoms with van der Waals surface area (Å²) in [6.45, 7) is -0.546. The molecule has 0 aromatic heterocycles. The molecule has 0 N–H and O–H groups in total. The predicted octanol–water partition coefficient (Wildman–Crippen LogP) is 5.78. The van der Waals surface area contributed by atoms with Crippen molar-refractivity contribution in [1.29, 1.82) is 0 Å². The van der Waals surface area contributed by atoms with Gasteiger partial charge in [0.1, 0.15) is 18.8 Å². The van der Waals surface area contributed by atoms with Gasteiger partial charge in [0.25, 0.3) is 0 Å². The molecule has 2 aliphatic rings. The first-order valence-corrected chi connectivity index (χ1v) is 16.6. The average molecular weight is 734 g/mol. The van der Waals surface area contributed by atoms with Crippen LogP contribution in [0.25, 0.3) is 0 Å². The molecule has 51 heavy (non-hydrogen) atoms. The Morgan fingerprint density at radius 3 is 1.39 bits per heavy atom. The quantitative estimate of drug-likeness (QED) is 0.105. The number of ether oxygens (including phenoxy) is 6. The van der Waals surface area contributed by atoms with Crippen LogP contribution in [-0.4, -0.2) is 77.4 Å². The SMILES string of the molecule is O=C(OC[C@H]1O[C@@H](OC2CC(=O)C2(Cl)Cl)[C@H](OC(=O)c2ccccc2)[C@@H](OC(=O)c2ccccc2)[C@H]1OC(=O)c1ccccc1)c1ccccc1. The summed E-state index contributed by atoms with van der Waals surface area (Å²) in [6.07, 6.45) is -9.19. The molecule has 2 fully saturated rings. The molecule has 11 nitrogen and oxygen atoms in total. The van der Waals surface area contributed by atoms with Crippen molar-refractivity contribution in [1.82, 2.24) is 0 Å². The molecule has 1 saturated carbocycles. The van der Waals surface area contributed by atoms with Gasteiger partial charge in [0.2, 0.25) is 4.33 Å². The van der Waals surface area contributed by atoms with Gasteiger partial charge in [-0.05, 0) is 48.5 Å². The molecule has 0 radical (unpaired) electrons. The van der Waals surface area contributed by atoms with Gasteiger partial charge < -0.3 is 28.4 Å². The lowest BCUT2D eigenvalue weighted by Crippen LogP contribution is -2.65. The zero-order valence-electron chi connectivity index (χ0n) is 26.7.